The van der Waals surface area contributed by atoms with E-state index in [1.54, 1.807) is 6.92 Å². The SMILES string of the molecule is CC(N=C/C(F)=C(/I)CNCOCC[Si](C)(C)C)OCc1ccccc1. The quantitative estimate of drug-likeness (QED) is 0.145. The summed E-state index contributed by atoms with van der Waals surface area (Å²) in [4.78, 5) is 4.11. The summed E-state index contributed by atoms with van der Waals surface area (Å²) >= 11 is 1.98. The molecule has 1 aromatic carbocycles. The van der Waals surface area contributed by atoms with E-state index in [0.717, 1.165) is 18.2 Å². The maximum absolute atomic E-state index is 14.0. The molecular weight excluding hydrogens is 462 g/mol. The van der Waals surface area contributed by atoms with Crippen LogP contribution in [0.3, 0.4) is 0 Å². The lowest BCUT2D eigenvalue weighted by molar-refractivity contribution is 0.0596. The molecule has 0 bridgehead atoms. The fourth-order valence-electron chi connectivity index (χ4n) is 1.84. The summed E-state index contributed by atoms with van der Waals surface area (Å²) in [5, 5.41) is 3.08. The number of benzene rings is 1. The van der Waals surface area contributed by atoms with Crippen LogP contribution in [0.15, 0.2) is 44.7 Å². The predicted molar refractivity (Wildman–Crippen MR) is 118 cm³/mol. The minimum absolute atomic E-state index is 0.352. The summed E-state index contributed by atoms with van der Waals surface area (Å²) in [7, 11) is -1.06. The van der Waals surface area contributed by atoms with Gasteiger partial charge in [0, 0.05) is 24.8 Å². The van der Waals surface area contributed by atoms with E-state index >= 15 is 0 Å². The maximum atomic E-state index is 14.0. The highest BCUT2D eigenvalue weighted by Crippen LogP contribution is 2.12. The number of rotatable bonds is 12. The van der Waals surface area contributed by atoms with Crippen LogP contribution in [0.5, 0.6) is 0 Å². The largest absolute Gasteiger partial charge is 0.367 e. The lowest BCUT2D eigenvalue weighted by Crippen LogP contribution is -2.25. The summed E-state index contributed by atoms with van der Waals surface area (Å²) < 4.78 is 25.7. The Hall–Kier alpha value is -0.613. The number of ether oxygens (including phenoxy) is 2. The van der Waals surface area contributed by atoms with Crippen LogP contribution in [0.2, 0.25) is 25.7 Å². The van der Waals surface area contributed by atoms with Gasteiger partial charge in [-0.15, -0.1) is 0 Å². The van der Waals surface area contributed by atoms with Crippen molar-refractivity contribution in [1.82, 2.24) is 5.32 Å². The van der Waals surface area contributed by atoms with Crippen LogP contribution in [-0.4, -0.2) is 40.4 Å². The molecule has 0 aromatic heterocycles. The third-order valence-electron chi connectivity index (χ3n) is 3.47. The normalized spacial score (nSPS) is 14.5. The summed E-state index contributed by atoms with van der Waals surface area (Å²) in [6.45, 7) is 10.8. The molecule has 7 heteroatoms. The zero-order valence-corrected chi connectivity index (χ0v) is 19.3. The van der Waals surface area contributed by atoms with Crippen molar-refractivity contribution in [3.8, 4) is 0 Å². The minimum atomic E-state index is -1.06. The molecule has 0 spiro atoms. The van der Waals surface area contributed by atoms with Crippen LogP contribution in [0.1, 0.15) is 12.5 Å². The van der Waals surface area contributed by atoms with Crippen LogP contribution >= 0.6 is 22.6 Å². The molecule has 0 aliphatic rings. The van der Waals surface area contributed by atoms with Crippen LogP contribution in [-0.2, 0) is 16.1 Å². The van der Waals surface area contributed by atoms with Gasteiger partial charge in [0.15, 0.2) is 5.83 Å². The Morgan fingerprint density at radius 1 is 1.31 bits per heavy atom. The topological polar surface area (TPSA) is 42.9 Å². The van der Waals surface area contributed by atoms with Gasteiger partial charge in [0.05, 0.1) is 19.6 Å². The second-order valence-corrected chi connectivity index (χ2v) is 14.1. The van der Waals surface area contributed by atoms with Crippen molar-refractivity contribution in [2.45, 2.75) is 45.4 Å². The lowest BCUT2D eigenvalue weighted by atomic mass is 10.2. The molecule has 4 nitrogen and oxygen atoms in total. The number of allylic oxidation sites excluding steroid dienone is 1. The fraction of sp³-hybridized carbons (Fsp3) is 0.526. The first kappa shape index (κ1) is 23.4. The minimum Gasteiger partial charge on any atom is -0.367 e. The zero-order valence-electron chi connectivity index (χ0n) is 16.1. The van der Waals surface area contributed by atoms with E-state index in [0.29, 0.717) is 23.5 Å². The molecule has 0 aliphatic carbocycles. The van der Waals surface area contributed by atoms with Gasteiger partial charge in [0.25, 0.3) is 0 Å². The van der Waals surface area contributed by atoms with E-state index < -0.39 is 14.3 Å². The van der Waals surface area contributed by atoms with Crippen molar-refractivity contribution in [2.24, 2.45) is 4.99 Å². The summed E-state index contributed by atoms with van der Waals surface area (Å²) in [5.41, 5.74) is 1.07. The molecule has 0 fully saturated rings. The Morgan fingerprint density at radius 3 is 2.65 bits per heavy atom. The number of halogens is 2. The van der Waals surface area contributed by atoms with Crippen LogP contribution < -0.4 is 5.32 Å². The van der Waals surface area contributed by atoms with E-state index in [1.807, 2.05) is 52.9 Å². The number of nitrogens with one attached hydrogen (secondary N) is 1. The van der Waals surface area contributed by atoms with E-state index in [2.05, 4.69) is 30.0 Å². The number of hydrogen-bond donors (Lipinski definition) is 1. The van der Waals surface area contributed by atoms with Gasteiger partial charge in [-0.2, -0.15) is 0 Å². The zero-order chi connectivity index (χ0) is 19.4. The molecule has 1 atom stereocenters. The molecular formula is C19H30FIN2O2Si. The Labute approximate surface area is 171 Å². The average Bonchev–Trinajstić information content (AvgIpc) is 2.60. The van der Waals surface area contributed by atoms with E-state index in [9.17, 15) is 4.39 Å². The third kappa shape index (κ3) is 11.9. The third-order valence-corrected chi connectivity index (χ3v) is 6.07. The van der Waals surface area contributed by atoms with Crippen molar-refractivity contribution < 1.29 is 13.9 Å². The second-order valence-electron chi connectivity index (χ2n) is 7.22. The molecule has 0 heterocycles. The standard InChI is InChI=1S/C19H30FIN2O2Si/c1-16(25-14-17-8-6-5-7-9-17)23-12-18(20)19(21)13-22-15-24-10-11-26(2,3)4/h5-9,12,16,22H,10-11,13-15H2,1-4H3/b19-18-,23-12?. The highest BCUT2D eigenvalue weighted by Gasteiger charge is 2.11. The maximum Gasteiger partial charge on any atom is 0.151 e. The molecule has 1 N–H and O–H groups in total. The fourth-order valence-corrected chi connectivity index (χ4v) is 3.01. The number of nitrogens with zero attached hydrogens (tertiary/aromatic N) is 1. The molecule has 26 heavy (non-hydrogen) atoms. The first-order valence-corrected chi connectivity index (χ1v) is 13.6. The van der Waals surface area contributed by atoms with E-state index in [4.69, 9.17) is 9.47 Å². The summed E-state index contributed by atoms with van der Waals surface area (Å²) in [6, 6.07) is 11.0. The Morgan fingerprint density at radius 2 is 2.00 bits per heavy atom. The van der Waals surface area contributed by atoms with Gasteiger partial charge in [0.1, 0.15) is 6.23 Å². The van der Waals surface area contributed by atoms with Crippen LogP contribution in [0, 0.1) is 0 Å². The molecule has 146 valence electrons. The monoisotopic (exact) mass is 492 g/mol. The van der Waals surface area contributed by atoms with Crippen LogP contribution in [0.25, 0.3) is 0 Å². The summed E-state index contributed by atoms with van der Waals surface area (Å²) in [6.07, 6.45) is 0.827. The number of aliphatic imine (C=N–C) groups is 1. The van der Waals surface area contributed by atoms with Crippen molar-refractivity contribution >= 4 is 36.9 Å². The molecule has 0 saturated heterocycles. The molecule has 1 unspecified atom stereocenters. The lowest BCUT2D eigenvalue weighted by Gasteiger charge is -2.15. The molecule has 0 radical (unpaired) electrons. The molecule has 0 saturated carbocycles. The van der Waals surface area contributed by atoms with Gasteiger partial charge in [-0.3, -0.25) is 10.3 Å². The van der Waals surface area contributed by atoms with Gasteiger partial charge in [-0.05, 0) is 41.1 Å². The van der Waals surface area contributed by atoms with Crippen LogP contribution in [0.4, 0.5) is 4.39 Å². The van der Waals surface area contributed by atoms with Crippen molar-refractivity contribution in [1.29, 1.82) is 0 Å². The Balaban J connectivity index is 2.25. The molecule has 0 aliphatic heterocycles. The first-order valence-electron chi connectivity index (χ1n) is 8.79. The number of hydrogen-bond acceptors (Lipinski definition) is 4. The molecule has 1 aromatic rings. The van der Waals surface area contributed by atoms with Gasteiger partial charge >= 0.3 is 0 Å². The van der Waals surface area contributed by atoms with Gasteiger partial charge in [0.2, 0.25) is 0 Å². The second kappa shape index (κ2) is 12.7. The Bertz CT molecular complexity index is 577. The van der Waals surface area contributed by atoms with Crippen molar-refractivity contribution in [3.05, 3.63) is 45.3 Å². The average molecular weight is 492 g/mol. The Kier molecular flexibility index (Phi) is 11.5. The molecule has 0 amide bonds. The van der Waals surface area contributed by atoms with Gasteiger partial charge in [-0.25, -0.2) is 4.39 Å². The van der Waals surface area contributed by atoms with Crippen molar-refractivity contribution in [3.63, 3.8) is 0 Å². The predicted octanol–water partition coefficient (Wildman–Crippen LogP) is 5.14. The molecule has 1 rings (SSSR count). The van der Waals surface area contributed by atoms with Gasteiger partial charge in [-0.1, -0.05) is 50.0 Å². The highest BCUT2D eigenvalue weighted by atomic mass is 127. The van der Waals surface area contributed by atoms with Crippen molar-refractivity contribution in [2.75, 3.05) is 19.9 Å². The first-order chi connectivity index (χ1) is 12.3. The smallest absolute Gasteiger partial charge is 0.151 e. The van der Waals surface area contributed by atoms with E-state index in [1.165, 1.54) is 6.21 Å². The summed E-state index contributed by atoms with van der Waals surface area (Å²) in [5.74, 6) is -0.352. The van der Waals surface area contributed by atoms with Gasteiger partial charge < -0.3 is 9.47 Å². The highest BCUT2D eigenvalue weighted by molar-refractivity contribution is 14.1. The van der Waals surface area contributed by atoms with E-state index in [-0.39, 0.29) is 5.83 Å².